The monoisotopic (exact) mass is 240 g/mol. The van der Waals surface area contributed by atoms with Crippen molar-refractivity contribution in [3.63, 3.8) is 0 Å². The van der Waals surface area contributed by atoms with Crippen molar-refractivity contribution in [1.29, 1.82) is 0 Å². The van der Waals surface area contributed by atoms with Gasteiger partial charge < -0.3 is 9.84 Å². The molecule has 0 aliphatic heterocycles. The molecule has 0 heterocycles. The topological polar surface area (TPSA) is 29.5 Å². The van der Waals surface area contributed by atoms with Crippen molar-refractivity contribution in [2.75, 3.05) is 24.7 Å². The molecule has 0 aliphatic rings. The van der Waals surface area contributed by atoms with Gasteiger partial charge in [0, 0.05) is 12.4 Å². The highest BCUT2D eigenvalue weighted by atomic mass is 32.2. The van der Waals surface area contributed by atoms with E-state index in [0.29, 0.717) is 0 Å². The van der Waals surface area contributed by atoms with Gasteiger partial charge in [-0.1, -0.05) is 6.07 Å². The molecular weight excluding hydrogens is 220 g/mol. The number of ether oxygens (including phenoxy) is 1. The number of aliphatic hydroxyl groups is 1. The lowest BCUT2D eigenvalue weighted by atomic mass is 10.1. The third kappa shape index (κ3) is 5.42. The van der Waals surface area contributed by atoms with E-state index in [-0.39, 0.29) is 6.61 Å². The highest BCUT2D eigenvalue weighted by Crippen LogP contribution is 2.16. The van der Waals surface area contributed by atoms with E-state index in [0.717, 1.165) is 30.3 Å². The fraction of sp³-hybridized carbons (Fsp3) is 0.538. The number of aliphatic hydroxyl groups excluding tert-OH is 1. The lowest BCUT2D eigenvalue weighted by Crippen LogP contribution is -2.01. The smallest absolute Gasteiger partial charge is 0.119 e. The van der Waals surface area contributed by atoms with Crippen LogP contribution in [0.25, 0.3) is 0 Å². The molecule has 0 spiro atoms. The summed E-state index contributed by atoms with van der Waals surface area (Å²) in [5, 5.41) is 8.62. The van der Waals surface area contributed by atoms with E-state index in [1.165, 1.54) is 11.1 Å². The van der Waals surface area contributed by atoms with Gasteiger partial charge in [-0.25, -0.2) is 0 Å². The normalized spacial score (nSPS) is 10.4. The van der Waals surface area contributed by atoms with E-state index in [1.807, 2.05) is 11.8 Å². The number of aryl methyl sites for hydroxylation is 2. The summed E-state index contributed by atoms with van der Waals surface area (Å²) >= 11 is 1.82. The molecule has 2 nitrogen and oxygen atoms in total. The number of rotatable bonds is 7. The summed E-state index contributed by atoms with van der Waals surface area (Å²) in [6.45, 7) is 5.18. The summed E-state index contributed by atoms with van der Waals surface area (Å²) in [6.07, 6.45) is 0.869. The van der Waals surface area contributed by atoms with Gasteiger partial charge in [-0.15, -0.1) is 0 Å². The summed E-state index contributed by atoms with van der Waals surface area (Å²) in [7, 11) is 0. The van der Waals surface area contributed by atoms with E-state index >= 15 is 0 Å². The quantitative estimate of drug-likeness (QED) is 0.743. The molecule has 0 unspecified atom stereocenters. The summed E-state index contributed by atoms with van der Waals surface area (Å²) in [6, 6.07) is 6.26. The van der Waals surface area contributed by atoms with Crippen molar-refractivity contribution in [1.82, 2.24) is 0 Å². The first-order valence-corrected chi connectivity index (χ1v) is 6.77. The lowest BCUT2D eigenvalue weighted by Gasteiger charge is -2.07. The Labute approximate surface area is 102 Å². The first kappa shape index (κ1) is 13.4. The molecule has 0 radical (unpaired) electrons. The molecule has 0 saturated heterocycles. The molecule has 0 bridgehead atoms. The van der Waals surface area contributed by atoms with Crippen molar-refractivity contribution < 1.29 is 9.84 Å². The van der Waals surface area contributed by atoms with Crippen LogP contribution in [0.3, 0.4) is 0 Å². The van der Waals surface area contributed by atoms with Gasteiger partial charge in [-0.3, -0.25) is 0 Å². The minimum absolute atomic E-state index is 0.283. The van der Waals surface area contributed by atoms with E-state index in [9.17, 15) is 0 Å². The Hall–Kier alpha value is -0.670. The van der Waals surface area contributed by atoms with Crippen molar-refractivity contribution in [3.8, 4) is 5.75 Å². The second-order valence-corrected chi connectivity index (χ2v) is 5.09. The van der Waals surface area contributed by atoms with Gasteiger partial charge in [0.2, 0.25) is 0 Å². The second kappa shape index (κ2) is 7.58. The van der Waals surface area contributed by atoms with E-state index in [1.54, 1.807) is 0 Å². The second-order valence-electron chi connectivity index (χ2n) is 3.86. The van der Waals surface area contributed by atoms with Gasteiger partial charge in [0.15, 0.2) is 0 Å². The van der Waals surface area contributed by atoms with Gasteiger partial charge in [-0.2, -0.15) is 11.8 Å². The zero-order valence-corrected chi connectivity index (χ0v) is 10.8. The zero-order valence-electron chi connectivity index (χ0n) is 10.0. The molecule has 90 valence electrons. The number of benzene rings is 1. The molecule has 0 fully saturated rings. The molecule has 16 heavy (non-hydrogen) atoms. The molecule has 0 saturated carbocycles. The van der Waals surface area contributed by atoms with Crippen LogP contribution in [0, 0.1) is 13.8 Å². The Morgan fingerprint density at radius 3 is 2.44 bits per heavy atom. The molecule has 1 N–H and O–H groups in total. The van der Waals surface area contributed by atoms with Crippen LogP contribution >= 0.6 is 11.8 Å². The van der Waals surface area contributed by atoms with Crippen LogP contribution in [0.2, 0.25) is 0 Å². The number of hydrogen-bond donors (Lipinski definition) is 1. The minimum atomic E-state index is 0.283. The standard InChI is InChI=1S/C13H20O2S/c1-11-8-12(2)10-13(9-11)15-5-7-16-6-3-4-14/h8-10,14H,3-7H2,1-2H3. The van der Waals surface area contributed by atoms with Crippen LogP contribution in [-0.4, -0.2) is 29.8 Å². The first-order chi connectivity index (χ1) is 7.72. The highest BCUT2D eigenvalue weighted by Gasteiger charge is 1.96. The van der Waals surface area contributed by atoms with Crippen molar-refractivity contribution in [2.45, 2.75) is 20.3 Å². The average Bonchev–Trinajstić information content (AvgIpc) is 2.22. The highest BCUT2D eigenvalue weighted by molar-refractivity contribution is 7.99. The van der Waals surface area contributed by atoms with E-state index in [4.69, 9.17) is 9.84 Å². The van der Waals surface area contributed by atoms with E-state index < -0.39 is 0 Å². The predicted octanol–water partition coefficient (Wildman–Crippen LogP) is 2.80. The SMILES string of the molecule is Cc1cc(C)cc(OCCSCCCO)c1. The Morgan fingerprint density at radius 1 is 1.12 bits per heavy atom. The summed E-state index contributed by atoms with van der Waals surface area (Å²) < 4.78 is 5.66. The molecule has 0 atom stereocenters. The van der Waals surface area contributed by atoms with Crippen LogP contribution in [0.4, 0.5) is 0 Å². The Morgan fingerprint density at radius 2 is 1.81 bits per heavy atom. The molecule has 3 heteroatoms. The molecule has 0 amide bonds. The number of hydrogen-bond acceptors (Lipinski definition) is 3. The van der Waals surface area contributed by atoms with Crippen LogP contribution in [0.5, 0.6) is 5.75 Å². The number of thioether (sulfide) groups is 1. The van der Waals surface area contributed by atoms with Gasteiger partial charge in [-0.05, 0) is 49.3 Å². The van der Waals surface area contributed by atoms with Gasteiger partial charge in [0.25, 0.3) is 0 Å². The van der Waals surface area contributed by atoms with Crippen LogP contribution in [0.1, 0.15) is 17.5 Å². The molecular formula is C13H20O2S. The van der Waals surface area contributed by atoms with Crippen molar-refractivity contribution in [2.24, 2.45) is 0 Å². The van der Waals surface area contributed by atoms with Gasteiger partial charge in [0.1, 0.15) is 5.75 Å². The fourth-order valence-electron chi connectivity index (χ4n) is 1.50. The van der Waals surface area contributed by atoms with E-state index in [2.05, 4.69) is 32.0 Å². The molecule has 0 aromatic heterocycles. The first-order valence-electron chi connectivity index (χ1n) is 5.62. The summed E-state index contributed by atoms with van der Waals surface area (Å²) in [5.41, 5.74) is 2.48. The van der Waals surface area contributed by atoms with Crippen LogP contribution < -0.4 is 4.74 Å². The molecule has 0 aliphatic carbocycles. The van der Waals surface area contributed by atoms with Crippen LogP contribution in [-0.2, 0) is 0 Å². The zero-order chi connectivity index (χ0) is 11.8. The Bertz CT molecular complexity index is 293. The lowest BCUT2D eigenvalue weighted by molar-refractivity contribution is 0.296. The molecule has 1 aromatic rings. The van der Waals surface area contributed by atoms with Gasteiger partial charge in [0.05, 0.1) is 6.61 Å². The van der Waals surface area contributed by atoms with Gasteiger partial charge >= 0.3 is 0 Å². The Balaban J connectivity index is 2.21. The maximum atomic E-state index is 8.62. The van der Waals surface area contributed by atoms with Crippen LogP contribution in [0.15, 0.2) is 18.2 Å². The maximum Gasteiger partial charge on any atom is 0.119 e. The predicted molar refractivity (Wildman–Crippen MR) is 70.4 cm³/mol. The average molecular weight is 240 g/mol. The van der Waals surface area contributed by atoms with Crippen molar-refractivity contribution in [3.05, 3.63) is 29.3 Å². The molecule has 1 rings (SSSR count). The third-order valence-electron chi connectivity index (χ3n) is 2.14. The minimum Gasteiger partial charge on any atom is -0.493 e. The fourth-order valence-corrected chi connectivity index (χ4v) is 2.24. The third-order valence-corrected chi connectivity index (χ3v) is 3.17. The largest absolute Gasteiger partial charge is 0.493 e. The molecule has 1 aromatic carbocycles. The Kier molecular flexibility index (Phi) is 6.34. The maximum absolute atomic E-state index is 8.62. The van der Waals surface area contributed by atoms with Crippen molar-refractivity contribution >= 4 is 11.8 Å². The summed E-state index contributed by atoms with van der Waals surface area (Å²) in [4.78, 5) is 0. The summed E-state index contributed by atoms with van der Waals surface area (Å²) in [5.74, 6) is 2.94.